The second-order valence-electron chi connectivity index (χ2n) is 5.14. The van der Waals surface area contributed by atoms with Crippen LogP contribution in [0.1, 0.15) is 18.2 Å². The molecule has 1 heterocycles. The van der Waals surface area contributed by atoms with Crippen molar-refractivity contribution in [3.05, 3.63) is 76.5 Å². The van der Waals surface area contributed by atoms with E-state index in [9.17, 15) is 0 Å². The van der Waals surface area contributed by atoms with Crippen LogP contribution < -0.4 is 5.32 Å². The van der Waals surface area contributed by atoms with Crippen molar-refractivity contribution < 1.29 is 4.42 Å². The molecule has 0 saturated carbocycles. The molecule has 3 rings (SSSR count). The van der Waals surface area contributed by atoms with Crippen LogP contribution >= 0.6 is 15.9 Å². The third-order valence-corrected chi connectivity index (χ3v) is 4.17. The molecule has 3 aromatic rings. The Morgan fingerprint density at radius 2 is 1.73 bits per heavy atom. The van der Waals surface area contributed by atoms with Gasteiger partial charge in [0.2, 0.25) is 0 Å². The van der Waals surface area contributed by atoms with E-state index in [1.54, 1.807) is 0 Å². The molecule has 0 amide bonds. The molecule has 3 heteroatoms. The molecule has 1 N–H and O–H groups in total. The number of hydrogen-bond acceptors (Lipinski definition) is 2. The Kier molecular flexibility index (Phi) is 4.64. The molecule has 0 radical (unpaired) electrons. The number of hydrogen-bond donors (Lipinski definition) is 1. The van der Waals surface area contributed by atoms with E-state index in [2.05, 4.69) is 52.4 Å². The molecule has 0 fully saturated rings. The third kappa shape index (κ3) is 3.42. The minimum Gasteiger partial charge on any atom is -0.459 e. The monoisotopic (exact) mass is 355 g/mol. The van der Waals surface area contributed by atoms with Crippen LogP contribution in [-0.2, 0) is 13.0 Å². The highest BCUT2D eigenvalue weighted by atomic mass is 79.9. The van der Waals surface area contributed by atoms with Crippen molar-refractivity contribution in [2.75, 3.05) is 5.32 Å². The highest BCUT2D eigenvalue weighted by Crippen LogP contribution is 2.25. The summed E-state index contributed by atoms with van der Waals surface area (Å²) in [5.41, 5.74) is 3.58. The summed E-state index contributed by atoms with van der Waals surface area (Å²) in [5, 5.41) is 3.45. The first-order valence-electron chi connectivity index (χ1n) is 7.42. The van der Waals surface area contributed by atoms with Crippen LogP contribution in [0.2, 0.25) is 0 Å². The standard InChI is InChI=1S/C19H18BrNO/c1-2-14-5-3-4-6-18(14)21-13-17-11-12-19(22-17)15-7-9-16(20)10-8-15/h3-12,21H,2,13H2,1H3. The average molecular weight is 356 g/mol. The van der Waals surface area contributed by atoms with Crippen molar-refractivity contribution in [3.63, 3.8) is 0 Å². The molecule has 112 valence electrons. The first-order valence-corrected chi connectivity index (χ1v) is 8.22. The Labute approximate surface area is 139 Å². The normalized spacial score (nSPS) is 10.6. The summed E-state index contributed by atoms with van der Waals surface area (Å²) in [5.74, 6) is 1.83. The SMILES string of the molecule is CCc1ccccc1NCc1ccc(-c2ccc(Br)cc2)o1. The van der Waals surface area contributed by atoms with E-state index in [1.807, 2.05) is 36.4 Å². The number of aryl methyl sites for hydroxylation is 1. The zero-order chi connectivity index (χ0) is 15.4. The van der Waals surface area contributed by atoms with Crippen molar-refractivity contribution in [1.29, 1.82) is 0 Å². The molecule has 2 aromatic carbocycles. The van der Waals surface area contributed by atoms with Gasteiger partial charge in [0.1, 0.15) is 11.5 Å². The van der Waals surface area contributed by atoms with Gasteiger partial charge in [-0.1, -0.05) is 53.2 Å². The molecule has 0 aliphatic heterocycles. The van der Waals surface area contributed by atoms with Crippen LogP contribution in [0.25, 0.3) is 11.3 Å². The number of benzene rings is 2. The van der Waals surface area contributed by atoms with Crippen LogP contribution in [0.4, 0.5) is 5.69 Å². The molecule has 0 aliphatic rings. The van der Waals surface area contributed by atoms with Gasteiger partial charge in [0.05, 0.1) is 6.54 Å². The van der Waals surface area contributed by atoms with Gasteiger partial charge in [-0.25, -0.2) is 0 Å². The van der Waals surface area contributed by atoms with Crippen LogP contribution in [0.5, 0.6) is 0 Å². The Hall–Kier alpha value is -2.00. The predicted octanol–water partition coefficient (Wildman–Crippen LogP) is 5.88. The van der Waals surface area contributed by atoms with Gasteiger partial charge in [0, 0.05) is 15.7 Å². The summed E-state index contributed by atoms with van der Waals surface area (Å²) in [7, 11) is 0. The lowest BCUT2D eigenvalue weighted by atomic mass is 10.1. The summed E-state index contributed by atoms with van der Waals surface area (Å²) in [6.45, 7) is 2.85. The third-order valence-electron chi connectivity index (χ3n) is 3.64. The fourth-order valence-electron chi connectivity index (χ4n) is 2.43. The maximum absolute atomic E-state index is 5.93. The van der Waals surface area contributed by atoms with Crippen LogP contribution in [-0.4, -0.2) is 0 Å². The summed E-state index contributed by atoms with van der Waals surface area (Å²) >= 11 is 3.45. The molecular formula is C19H18BrNO. The van der Waals surface area contributed by atoms with E-state index in [1.165, 1.54) is 11.3 Å². The maximum Gasteiger partial charge on any atom is 0.134 e. The van der Waals surface area contributed by atoms with Crippen molar-refractivity contribution in [1.82, 2.24) is 0 Å². The van der Waals surface area contributed by atoms with Crippen molar-refractivity contribution in [2.24, 2.45) is 0 Å². The number of anilines is 1. The highest BCUT2D eigenvalue weighted by Gasteiger charge is 2.06. The Morgan fingerprint density at radius 1 is 0.955 bits per heavy atom. The largest absolute Gasteiger partial charge is 0.459 e. The molecule has 0 spiro atoms. The van der Waals surface area contributed by atoms with E-state index in [0.717, 1.165) is 28.0 Å². The second-order valence-corrected chi connectivity index (χ2v) is 6.05. The highest BCUT2D eigenvalue weighted by molar-refractivity contribution is 9.10. The van der Waals surface area contributed by atoms with E-state index < -0.39 is 0 Å². The van der Waals surface area contributed by atoms with Crippen LogP contribution in [0.3, 0.4) is 0 Å². The molecule has 0 bridgehead atoms. The Morgan fingerprint density at radius 3 is 2.50 bits per heavy atom. The Balaban J connectivity index is 1.71. The van der Waals surface area contributed by atoms with Crippen molar-refractivity contribution in [2.45, 2.75) is 19.9 Å². The van der Waals surface area contributed by atoms with Gasteiger partial charge in [-0.05, 0) is 42.3 Å². The van der Waals surface area contributed by atoms with Gasteiger partial charge in [-0.3, -0.25) is 0 Å². The predicted molar refractivity (Wildman–Crippen MR) is 95.0 cm³/mol. The number of furan rings is 1. The molecule has 0 saturated heterocycles. The lowest BCUT2D eigenvalue weighted by Crippen LogP contribution is -2.00. The van der Waals surface area contributed by atoms with E-state index in [4.69, 9.17) is 4.42 Å². The van der Waals surface area contributed by atoms with Gasteiger partial charge in [-0.15, -0.1) is 0 Å². The van der Waals surface area contributed by atoms with Crippen molar-refractivity contribution >= 4 is 21.6 Å². The number of rotatable bonds is 5. The van der Waals surface area contributed by atoms with Crippen molar-refractivity contribution in [3.8, 4) is 11.3 Å². The molecular weight excluding hydrogens is 338 g/mol. The van der Waals surface area contributed by atoms with E-state index in [-0.39, 0.29) is 0 Å². The number of para-hydroxylation sites is 1. The van der Waals surface area contributed by atoms with Gasteiger partial charge in [0.15, 0.2) is 0 Å². The molecule has 22 heavy (non-hydrogen) atoms. The molecule has 0 unspecified atom stereocenters. The molecule has 2 nitrogen and oxygen atoms in total. The molecule has 0 aliphatic carbocycles. The van der Waals surface area contributed by atoms with Gasteiger partial charge in [0.25, 0.3) is 0 Å². The zero-order valence-electron chi connectivity index (χ0n) is 12.5. The summed E-state index contributed by atoms with van der Waals surface area (Å²) in [6, 6.07) is 20.6. The Bertz CT molecular complexity index is 746. The van der Waals surface area contributed by atoms with E-state index >= 15 is 0 Å². The summed E-state index contributed by atoms with van der Waals surface area (Å²) in [4.78, 5) is 0. The fourth-order valence-corrected chi connectivity index (χ4v) is 2.69. The summed E-state index contributed by atoms with van der Waals surface area (Å²) in [6.07, 6.45) is 1.02. The lowest BCUT2D eigenvalue weighted by molar-refractivity contribution is 0.531. The van der Waals surface area contributed by atoms with Crippen LogP contribution in [0.15, 0.2) is 69.6 Å². The number of nitrogens with one attached hydrogen (secondary N) is 1. The maximum atomic E-state index is 5.93. The second kappa shape index (κ2) is 6.84. The minimum atomic E-state index is 0.688. The van der Waals surface area contributed by atoms with Gasteiger partial charge in [-0.2, -0.15) is 0 Å². The lowest BCUT2D eigenvalue weighted by Gasteiger charge is -2.09. The smallest absolute Gasteiger partial charge is 0.134 e. The topological polar surface area (TPSA) is 25.2 Å². The van der Waals surface area contributed by atoms with Gasteiger partial charge >= 0.3 is 0 Å². The zero-order valence-corrected chi connectivity index (χ0v) is 14.1. The van der Waals surface area contributed by atoms with Crippen LogP contribution in [0, 0.1) is 0 Å². The quantitative estimate of drug-likeness (QED) is 0.617. The number of halogens is 1. The molecule has 0 atom stereocenters. The fraction of sp³-hybridized carbons (Fsp3) is 0.158. The molecule has 1 aromatic heterocycles. The van der Waals surface area contributed by atoms with E-state index in [0.29, 0.717) is 6.54 Å². The minimum absolute atomic E-state index is 0.688. The average Bonchev–Trinajstić information content (AvgIpc) is 3.03. The van der Waals surface area contributed by atoms with Gasteiger partial charge < -0.3 is 9.73 Å². The first-order chi connectivity index (χ1) is 10.8. The summed E-state index contributed by atoms with van der Waals surface area (Å²) < 4.78 is 7.00. The first kappa shape index (κ1) is 14.9.